The summed E-state index contributed by atoms with van der Waals surface area (Å²) in [6, 6.07) is 13.5. The summed E-state index contributed by atoms with van der Waals surface area (Å²) in [6.45, 7) is 0.262. The second-order valence-corrected chi connectivity index (χ2v) is 7.17. The molecule has 0 atom stereocenters. The first kappa shape index (κ1) is 17.3. The van der Waals surface area contributed by atoms with E-state index in [4.69, 9.17) is 4.52 Å². The average Bonchev–Trinajstić information content (AvgIpc) is 3.33. The average molecular weight is 379 g/mol. The molecule has 0 spiro atoms. The molecule has 0 aliphatic rings. The maximum atomic E-state index is 12.4. The molecule has 7 nitrogen and oxygen atoms in total. The zero-order chi connectivity index (χ0) is 18.6. The highest BCUT2D eigenvalue weighted by molar-refractivity contribution is 7.18. The van der Waals surface area contributed by atoms with Crippen molar-refractivity contribution in [3.63, 3.8) is 0 Å². The lowest BCUT2D eigenvalue weighted by molar-refractivity contribution is -0.130. The molecule has 1 amide bonds. The van der Waals surface area contributed by atoms with Crippen LogP contribution in [0.1, 0.15) is 17.3 Å². The van der Waals surface area contributed by atoms with Gasteiger partial charge in [-0.25, -0.2) is 4.98 Å². The maximum Gasteiger partial charge on any atom is 0.246 e. The van der Waals surface area contributed by atoms with Crippen LogP contribution in [0.3, 0.4) is 0 Å². The fourth-order valence-electron chi connectivity index (χ4n) is 2.64. The lowest BCUT2D eigenvalue weighted by Crippen LogP contribution is -2.26. The molecular formula is C19H17N5O2S. The van der Waals surface area contributed by atoms with Gasteiger partial charge in [0.1, 0.15) is 5.69 Å². The molecule has 0 saturated carbocycles. The molecule has 3 aromatic heterocycles. The van der Waals surface area contributed by atoms with Crippen molar-refractivity contribution >= 4 is 27.5 Å². The van der Waals surface area contributed by atoms with Gasteiger partial charge >= 0.3 is 0 Å². The smallest absolute Gasteiger partial charge is 0.246 e. The topological polar surface area (TPSA) is 85.0 Å². The van der Waals surface area contributed by atoms with Crippen LogP contribution in [0.25, 0.3) is 21.7 Å². The Bertz CT molecular complexity index is 1030. The van der Waals surface area contributed by atoms with E-state index < -0.39 is 0 Å². The van der Waals surface area contributed by atoms with Crippen LogP contribution in [0.5, 0.6) is 0 Å². The molecule has 4 rings (SSSR count). The number of para-hydroxylation sites is 1. The second-order valence-electron chi connectivity index (χ2n) is 6.05. The molecule has 0 N–H and O–H groups in total. The third-order valence-corrected chi connectivity index (χ3v) is 5.15. The quantitative estimate of drug-likeness (QED) is 0.511. The van der Waals surface area contributed by atoms with Gasteiger partial charge in [-0.05, 0) is 24.3 Å². The number of hydrogen-bond acceptors (Lipinski definition) is 7. The van der Waals surface area contributed by atoms with Crippen molar-refractivity contribution in [3.05, 3.63) is 59.6 Å². The fourth-order valence-corrected chi connectivity index (χ4v) is 3.61. The predicted molar refractivity (Wildman–Crippen MR) is 102 cm³/mol. The van der Waals surface area contributed by atoms with Gasteiger partial charge in [0.05, 0.1) is 21.8 Å². The van der Waals surface area contributed by atoms with Crippen LogP contribution in [0.4, 0.5) is 0 Å². The van der Waals surface area contributed by atoms with Crippen LogP contribution < -0.4 is 0 Å². The summed E-state index contributed by atoms with van der Waals surface area (Å²) < 4.78 is 6.38. The minimum absolute atomic E-state index is 0.00634. The highest BCUT2D eigenvalue weighted by Gasteiger charge is 2.16. The summed E-state index contributed by atoms with van der Waals surface area (Å²) in [5, 5.41) is 4.89. The van der Waals surface area contributed by atoms with Crippen LogP contribution in [0, 0.1) is 0 Å². The number of carbonyl (C=O) groups excluding carboxylic acids is 1. The normalized spacial score (nSPS) is 11.0. The first-order chi connectivity index (χ1) is 13.2. The fraction of sp³-hybridized carbons (Fsp3) is 0.211. The predicted octanol–water partition coefficient (Wildman–Crippen LogP) is 3.33. The minimum atomic E-state index is 0.00634. The summed E-state index contributed by atoms with van der Waals surface area (Å²) >= 11 is 1.63. The molecule has 8 heteroatoms. The van der Waals surface area contributed by atoms with E-state index >= 15 is 0 Å². The second kappa shape index (κ2) is 7.63. The van der Waals surface area contributed by atoms with Gasteiger partial charge in [0.15, 0.2) is 0 Å². The van der Waals surface area contributed by atoms with E-state index in [0.717, 1.165) is 15.2 Å². The summed E-state index contributed by atoms with van der Waals surface area (Å²) in [5.74, 6) is 0.805. The van der Waals surface area contributed by atoms with Crippen LogP contribution in [-0.4, -0.2) is 38.0 Å². The molecule has 1 aromatic carbocycles. The number of rotatable bonds is 6. The number of fused-ring (bicyclic) bond motifs is 1. The van der Waals surface area contributed by atoms with E-state index in [-0.39, 0.29) is 12.5 Å². The van der Waals surface area contributed by atoms with Crippen molar-refractivity contribution in [3.8, 4) is 11.5 Å². The van der Waals surface area contributed by atoms with Gasteiger partial charge < -0.3 is 9.42 Å². The number of carbonyl (C=O) groups is 1. The molecule has 0 bridgehead atoms. The van der Waals surface area contributed by atoms with E-state index in [1.54, 1.807) is 29.5 Å². The number of amides is 1. The standard InChI is InChI=1S/C19H17N5O2S/c1-24(12-16-22-19(23-26-16)14-7-4-5-11-20-14)18(25)10-9-17-21-13-6-2-3-8-15(13)27-17/h2-8,11H,9-10,12H2,1H3. The molecule has 27 heavy (non-hydrogen) atoms. The van der Waals surface area contributed by atoms with E-state index in [9.17, 15) is 4.79 Å². The van der Waals surface area contributed by atoms with Crippen molar-refractivity contribution < 1.29 is 9.32 Å². The van der Waals surface area contributed by atoms with E-state index in [1.807, 2.05) is 42.5 Å². The zero-order valence-electron chi connectivity index (χ0n) is 14.7. The highest BCUT2D eigenvalue weighted by Crippen LogP contribution is 2.22. The van der Waals surface area contributed by atoms with Crippen LogP contribution in [0.15, 0.2) is 53.2 Å². The Morgan fingerprint density at radius 2 is 2.00 bits per heavy atom. The van der Waals surface area contributed by atoms with Crippen molar-refractivity contribution in [2.45, 2.75) is 19.4 Å². The molecule has 4 aromatic rings. The van der Waals surface area contributed by atoms with Crippen molar-refractivity contribution in [1.29, 1.82) is 0 Å². The molecule has 136 valence electrons. The lowest BCUT2D eigenvalue weighted by atomic mass is 10.3. The van der Waals surface area contributed by atoms with Crippen LogP contribution in [-0.2, 0) is 17.8 Å². The number of aryl methyl sites for hydroxylation is 1. The number of pyridine rings is 1. The van der Waals surface area contributed by atoms with Gasteiger partial charge in [-0.1, -0.05) is 23.4 Å². The Balaban J connectivity index is 1.34. The molecule has 0 aliphatic carbocycles. The van der Waals surface area contributed by atoms with Gasteiger partial charge in [0, 0.05) is 26.1 Å². The maximum absolute atomic E-state index is 12.4. The molecule has 0 radical (unpaired) electrons. The summed E-state index contributed by atoms with van der Waals surface area (Å²) in [6.07, 6.45) is 2.67. The van der Waals surface area contributed by atoms with Crippen molar-refractivity contribution in [2.24, 2.45) is 0 Å². The largest absolute Gasteiger partial charge is 0.337 e. The van der Waals surface area contributed by atoms with E-state index in [2.05, 4.69) is 20.1 Å². The Kier molecular flexibility index (Phi) is 4.88. The highest BCUT2D eigenvalue weighted by atomic mass is 32.1. The Labute approximate surface area is 159 Å². The van der Waals surface area contributed by atoms with E-state index in [1.165, 1.54) is 0 Å². The summed E-state index contributed by atoms with van der Waals surface area (Å²) in [5.41, 5.74) is 1.61. The third-order valence-electron chi connectivity index (χ3n) is 4.05. The van der Waals surface area contributed by atoms with E-state index in [0.29, 0.717) is 30.3 Å². The molecule has 0 aliphatic heterocycles. The van der Waals surface area contributed by atoms with Gasteiger partial charge in [-0.3, -0.25) is 9.78 Å². The third kappa shape index (κ3) is 4.01. The van der Waals surface area contributed by atoms with Crippen LogP contribution >= 0.6 is 11.3 Å². The number of hydrogen-bond donors (Lipinski definition) is 0. The number of thiazole rings is 1. The first-order valence-corrected chi connectivity index (χ1v) is 9.33. The lowest BCUT2D eigenvalue weighted by Gasteiger charge is -2.14. The van der Waals surface area contributed by atoms with Crippen molar-refractivity contribution in [2.75, 3.05) is 7.05 Å². The Hall–Kier alpha value is -3.13. The van der Waals surface area contributed by atoms with Gasteiger partial charge in [-0.2, -0.15) is 4.98 Å². The molecule has 0 saturated heterocycles. The molecule has 3 heterocycles. The first-order valence-electron chi connectivity index (χ1n) is 8.51. The van der Waals surface area contributed by atoms with Gasteiger partial charge in [0.2, 0.25) is 17.6 Å². The van der Waals surface area contributed by atoms with Crippen LogP contribution in [0.2, 0.25) is 0 Å². The summed E-state index contributed by atoms with van der Waals surface area (Å²) in [7, 11) is 1.73. The van der Waals surface area contributed by atoms with Gasteiger partial charge in [0.25, 0.3) is 0 Å². The Morgan fingerprint density at radius 3 is 2.81 bits per heavy atom. The van der Waals surface area contributed by atoms with Crippen molar-refractivity contribution in [1.82, 2.24) is 25.0 Å². The SMILES string of the molecule is CN(Cc1nc(-c2ccccn2)no1)C(=O)CCc1nc2ccccc2s1. The molecule has 0 fully saturated rings. The zero-order valence-corrected chi connectivity index (χ0v) is 15.5. The monoisotopic (exact) mass is 379 g/mol. The Morgan fingerprint density at radius 1 is 1.15 bits per heavy atom. The van der Waals surface area contributed by atoms with Gasteiger partial charge in [-0.15, -0.1) is 11.3 Å². The number of benzene rings is 1. The molecular weight excluding hydrogens is 362 g/mol. The molecule has 0 unspecified atom stereocenters. The number of nitrogens with zero attached hydrogens (tertiary/aromatic N) is 5. The minimum Gasteiger partial charge on any atom is -0.337 e. The number of aromatic nitrogens is 4. The summed E-state index contributed by atoms with van der Waals surface area (Å²) in [4.78, 5) is 27.1.